The molecule has 18 heavy (non-hydrogen) atoms. The number of carbonyl (C=O) groups excluding carboxylic acids is 1. The number of rotatable bonds is 2. The second-order valence-corrected chi connectivity index (χ2v) is 5.68. The van der Waals surface area contributed by atoms with Crippen LogP contribution in [0.3, 0.4) is 0 Å². The number of fused-ring (bicyclic) bond motifs is 3. The Bertz CT molecular complexity index is 438. The van der Waals surface area contributed by atoms with Crippen molar-refractivity contribution in [3.05, 3.63) is 34.9 Å². The largest absolute Gasteiger partial charge is 0.452 e. The fourth-order valence-corrected chi connectivity index (χ4v) is 3.13. The second kappa shape index (κ2) is 4.90. The molecule has 96 valence electrons. The molecule has 3 fully saturated rings. The van der Waals surface area contributed by atoms with E-state index in [2.05, 4.69) is 0 Å². The van der Waals surface area contributed by atoms with Crippen molar-refractivity contribution in [1.29, 1.82) is 0 Å². The quantitative estimate of drug-likeness (QED) is 0.815. The fourth-order valence-electron chi connectivity index (χ4n) is 3.00. The minimum absolute atomic E-state index is 0.102. The normalized spacial score (nSPS) is 30.2. The minimum Gasteiger partial charge on any atom is -0.452 e. The van der Waals surface area contributed by atoms with E-state index in [0.29, 0.717) is 16.5 Å². The van der Waals surface area contributed by atoms with E-state index in [1.807, 2.05) is 0 Å². The molecule has 3 saturated heterocycles. The molecule has 3 heterocycles. The van der Waals surface area contributed by atoms with Gasteiger partial charge in [-0.25, -0.2) is 4.79 Å². The average Bonchev–Trinajstić information content (AvgIpc) is 2.41. The van der Waals surface area contributed by atoms with Crippen LogP contribution in [-0.4, -0.2) is 31.7 Å². The third-order valence-corrected chi connectivity index (χ3v) is 4.34. The Hall–Kier alpha value is -1.06. The molecular weight excluding hydrogens is 250 g/mol. The molecule has 3 nitrogen and oxygen atoms in total. The van der Waals surface area contributed by atoms with Gasteiger partial charge in [-0.1, -0.05) is 11.6 Å². The van der Waals surface area contributed by atoms with E-state index in [4.69, 9.17) is 16.3 Å². The van der Waals surface area contributed by atoms with Gasteiger partial charge in [-0.15, -0.1) is 0 Å². The Labute approximate surface area is 112 Å². The van der Waals surface area contributed by atoms with E-state index in [0.717, 1.165) is 6.54 Å². The predicted molar refractivity (Wildman–Crippen MR) is 68.9 cm³/mol. The van der Waals surface area contributed by atoms with Crippen LogP contribution in [0.5, 0.6) is 0 Å². The zero-order valence-electron chi connectivity index (χ0n) is 10.2. The molecule has 1 atom stereocenters. The number of halogens is 1. The summed E-state index contributed by atoms with van der Waals surface area (Å²) in [6.45, 7) is 3.45. The lowest BCUT2D eigenvalue weighted by atomic mass is 9.86. The molecule has 0 spiro atoms. The van der Waals surface area contributed by atoms with Crippen molar-refractivity contribution in [3.8, 4) is 0 Å². The van der Waals surface area contributed by atoms with Crippen LogP contribution in [0.4, 0.5) is 0 Å². The highest BCUT2D eigenvalue weighted by Gasteiger charge is 2.39. The van der Waals surface area contributed by atoms with Crippen molar-refractivity contribution in [3.63, 3.8) is 0 Å². The van der Waals surface area contributed by atoms with E-state index in [1.165, 1.54) is 25.9 Å². The summed E-state index contributed by atoms with van der Waals surface area (Å²) in [5.41, 5.74) is 0.589. The second-order valence-electron chi connectivity index (χ2n) is 5.24. The summed E-state index contributed by atoms with van der Waals surface area (Å²) in [4.78, 5) is 13.6. The lowest BCUT2D eigenvalue weighted by Crippen LogP contribution is -3.16. The van der Waals surface area contributed by atoms with Crippen LogP contribution in [-0.2, 0) is 4.74 Å². The van der Waals surface area contributed by atoms with E-state index in [1.54, 1.807) is 29.2 Å². The van der Waals surface area contributed by atoms with Crippen molar-refractivity contribution in [1.82, 2.24) is 0 Å². The Balaban J connectivity index is 1.66. The maximum atomic E-state index is 12.0. The van der Waals surface area contributed by atoms with Gasteiger partial charge >= 0.3 is 5.97 Å². The predicted octanol–water partition coefficient (Wildman–Crippen LogP) is 1.17. The van der Waals surface area contributed by atoms with Gasteiger partial charge in [0.1, 0.15) is 6.54 Å². The van der Waals surface area contributed by atoms with Crippen molar-refractivity contribution in [2.24, 2.45) is 5.92 Å². The Morgan fingerprint density at radius 2 is 1.89 bits per heavy atom. The Morgan fingerprint density at radius 3 is 2.44 bits per heavy atom. The van der Waals surface area contributed by atoms with E-state index < -0.39 is 0 Å². The van der Waals surface area contributed by atoms with E-state index >= 15 is 0 Å². The summed E-state index contributed by atoms with van der Waals surface area (Å²) < 4.78 is 5.65. The summed E-state index contributed by atoms with van der Waals surface area (Å²) in [6.07, 6.45) is 2.48. The number of hydrogen-bond donors (Lipinski definition) is 1. The molecule has 0 unspecified atom stereocenters. The summed E-state index contributed by atoms with van der Waals surface area (Å²) in [7, 11) is 0. The van der Waals surface area contributed by atoms with Crippen LogP contribution in [0.25, 0.3) is 0 Å². The van der Waals surface area contributed by atoms with Gasteiger partial charge in [0, 0.05) is 23.8 Å². The standard InChI is InChI=1S/C14H16ClNO2/c15-12-3-1-11(2-4-12)14(17)18-13-9-16-7-5-10(13)6-8-16/h1-4,10,13H,5-9H2/p+1/t13-/m0/s1. The first-order valence-electron chi connectivity index (χ1n) is 6.52. The molecule has 0 saturated carbocycles. The molecule has 1 aromatic rings. The highest BCUT2D eigenvalue weighted by atomic mass is 35.5. The van der Waals surface area contributed by atoms with Crippen molar-refractivity contribution in [2.45, 2.75) is 18.9 Å². The van der Waals surface area contributed by atoms with Gasteiger partial charge < -0.3 is 9.64 Å². The molecule has 0 aliphatic carbocycles. The number of nitrogens with one attached hydrogen (secondary N) is 1. The zero-order valence-corrected chi connectivity index (χ0v) is 11.0. The van der Waals surface area contributed by atoms with Gasteiger partial charge in [0.05, 0.1) is 18.7 Å². The smallest absolute Gasteiger partial charge is 0.338 e. The number of hydrogen-bond acceptors (Lipinski definition) is 2. The van der Waals surface area contributed by atoms with Crippen molar-refractivity contribution >= 4 is 17.6 Å². The third-order valence-electron chi connectivity index (χ3n) is 4.09. The first-order chi connectivity index (χ1) is 8.72. The molecule has 0 amide bonds. The molecule has 0 aromatic heterocycles. The lowest BCUT2D eigenvalue weighted by molar-refractivity contribution is -0.920. The highest BCUT2D eigenvalue weighted by molar-refractivity contribution is 6.30. The molecule has 3 aliphatic heterocycles. The van der Waals surface area contributed by atoms with Crippen molar-refractivity contribution < 1.29 is 14.4 Å². The molecule has 4 heteroatoms. The molecule has 3 aliphatic rings. The number of piperidine rings is 3. The van der Waals surface area contributed by atoms with Crippen molar-refractivity contribution in [2.75, 3.05) is 19.6 Å². The summed E-state index contributed by atoms with van der Waals surface area (Å²) in [5, 5.41) is 0.638. The van der Waals surface area contributed by atoms with Crippen LogP contribution in [0.2, 0.25) is 5.02 Å². The average molecular weight is 267 g/mol. The molecule has 1 aromatic carbocycles. The summed E-state index contributed by atoms with van der Waals surface area (Å²) in [6, 6.07) is 6.89. The Kier molecular flexibility index (Phi) is 3.27. The van der Waals surface area contributed by atoms with E-state index in [-0.39, 0.29) is 12.1 Å². The number of benzene rings is 1. The van der Waals surface area contributed by atoms with Crippen LogP contribution in [0.15, 0.2) is 24.3 Å². The molecular formula is C14H17ClNO2+. The number of esters is 1. The van der Waals surface area contributed by atoms with Gasteiger partial charge in [-0.3, -0.25) is 0 Å². The topological polar surface area (TPSA) is 30.7 Å². The number of ether oxygens (including phenoxy) is 1. The highest BCUT2D eigenvalue weighted by Crippen LogP contribution is 2.22. The Morgan fingerprint density at radius 1 is 1.22 bits per heavy atom. The van der Waals surface area contributed by atoms with Gasteiger partial charge in [-0.2, -0.15) is 0 Å². The molecule has 4 rings (SSSR count). The van der Waals surface area contributed by atoms with Gasteiger partial charge in [0.15, 0.2) is 6.10 Å². The maximum absolute atomic E-state index is 12.0. The first-order valence-corrected chi connectivity index (χ1v) is 6.90. The molecule has 1 N–H and O–H groups in total. The molecule has 0 radical (unpaired) electrons. The molecule has 2 bridgehead atoms. The number of quaternary nitrogens is 1. The minimum atomic E-state index is -0.218. The van der Waals surface area contributed by atoms with Crippen LogP contribution < -0.4 is 4.90 Å². The maximum Gasteiger partial charge on any atom is 0.338 e. The van der Waals surface area contributed by atoms with Gasteiger partial charge in [-0.05, 0) is 24.3 Å². The third kappa shape index (κ3) is 2.38. The lowest BCUT2D eigenvalue weighted by Gasteiger charge is -2.41. The van der Waals surface area contributed by atoms with Crippen LogP contribution in [0.1, 0.15) is 23.2 Å². The van der Waals surface area contributed by atoms with Crippen LogP contribution >= 0.6 is 11.6 Å². The van der Waals surface area contributed by atoms with E-state index in [9.17, 15) is 4.79 Å². The SMILES string of the molecule is O=C(O[C@H]1C[NH+]2CCC1CC2)c1ccc(Cl)cc1. The first kappa shape index (κ1) is 12.0. The monoisotopic (exact) mass is 266 g/mol. The number of carbonyl (C=O) groups is 1. The van der Waals surface area contributed by atoms with Gasteiger partial charge in [0.2, 0.25) is 0 Å². The van der Waals surface area contributed by atoms with Gasteiger partial charge in [0.25, 0.3) is 0 Å². The zero-order chi connectivity index (χ0) is 12.5. The summed E-state index contributed by atoms with van der Waals surface area (Å²) in [5.74, 6) is 0.351. The van der Waals surface area contributed by atoms with Crippen LogP contribution in [0, 0.1) is 5.92 Å². The summed E-state index contributed by atoms with van der Waals surface area (Å²) >= 11 is 5.80. The fraction of sp³-hybridized carbons (Fsp3) is 0.500.